The molecule has 2 aliphatic rings. The first-order valence-corrected chi connectivity index (χ1v) is 8.84. The van der Waals surface area contributed by atoms with Crippen LogP contribution in [0.15, 0.2) is 16.6 Å². The summed E-state index contributed by atoms with van der Waals surface area (Å²) in [6.07, 6.45) is 0.956. The quantitative estimate of drug-likeness (QED) is 0.749. The van der Waals surface area contributed by atoms with Crippen LogP contribution in [0, 0.1) is 0 Å². The van der Waals surface area contributed by atoms with E-state index in [0.717, 1.165) is 43.6 Å². The molecule has 2 heterocycles. The minimum absolute atomic E-state index is 0.0806. The Morgan fingerprint density at radius 1 is 1.26 bits per heavy atom. The average molecular weight is 384 g/mol. The van der Waals surface area contributed by atoms with Crippen molar-refractivity contribution < 1.29 is 14.3 Å². The van der Waals surface area contributed by atoms with E-state index in [4.69, 9.17) is 9.47 Å². The smallest absolute Gasteiger partial charge is 0.251 e. The predicted octanol–water partition coefficient (Wildman–Crippen LogP) is 1.25. The number of ether oxygens (including phenoxy) is 2. The number of nitrogens with one attached hydrogen (secondary N) is 2. The zero-order valence-corrected chi connectivity index (χ0v) is 14.7. The van der Waals surface area contributed by atoms with Gasteiger partial charge in [-0.25, -0.2) is 0 Å². The van der Waals surface area contributed by atoms with Gasteiger partial charge in [0.05, 0.1) is 4.47 Å². The Morgan fingerprint density at radius 3 is 2.87 bits per heavy atom. The Bertz CT molecular complexity index is 562. The lowest BCUT2D eigenvalue weighted by Gasteiger charge is -2.27. The summed E-state index contributed by atoms with van der Waals surface area (Å²) in [5.74, 6) is 1.21. The first-order valence-electron chi connectivity index (χ1n) is 8.04. The van der Waals surface area contributed by atoms with Crippen molar-refractivity contribution in [1.29, 1.82) is 0 Å². The summed E-state index contributed by atoms with van der Waals surface area (Å²) in [7, 11) is 0. The zero-order valence-electron chi connectivity index (χ0n) is 13.1. The first-order chi connectivity index (χ1) is 11.2. The molecule has 0 aliphatic carbocycles. The van der Waals surface area contributed by atoms with Crippen LogP contribution in [0.2, 0.25) is 0 Å². The monoisotopic (exact) mass is 383 g/mol. The van der Waals surface area contributed by atoms with Crippen LogP contribution in [0.4, 0.5) is 0 Å². The molecule has 6 nitrogen and oxygen atoms in total. The molecule has 0 aromatic heterocycles. The largest absolute Gasteiger partial charge is 0.486 e. The van der Waals surface area contributed by atoms with Gasteiger partial charge >= 0.3 is 0 Å². The van der Waals surface area contributed by atoms with Crippen molar-refractivity contribution in [3.8, 4) is 11.5 Å². The number of halogens is 1. The maximum Gasteiger partial charge on any atom is 0.251 e. The van der Waals surface area contributed by atoms with E-state index in [-0.39, 0.29) is 5.91 Å². The normalized spacial score (nSPS) is 17.8. The summed E-state index contributed by atoms with van der Waals surface area (Å²) in [4.78, 5) is 14.7. The molecule has 0 bridgehead atoms. The van der Waals surface area contributed by atoms with E-state index >= 15 is 0 Å². The number of amides is 1. The summed E-state index contributed by atoms with van der Waals surface area (Å²) in [5, 5.41) is 6.31. The number of piperazine rings is 1. The number of rotatable bonds is 5. The molecule has 1 aromatic rings. The molecule has 0 unspecified atom stereocenters. The van der Waals surface area contributed by atoms with Crippen LogP contribution in [-0.4, -0.2) is 63.3 Å². The molecule has 1 amide bonds. The lowest BCUT2D eigenvalue weighted by molar-refractivity contribution is 0.0950. The molecule has 2 aliphatic heterocycles. The third-order valence-electron chi connectivity index (χ3n) is 4.01. The van der Waals surface area contributed by atoms with Gasteiger partial charge in [-0.15, -0.1) is 0 Å². The van der Waals surface area contributed by atoms with Crippen LogP contribution in [-0.2, 0) is 0 Å². The highest BCUT2D eigenvalue weighted by atomic mass is 79.9. The van der Waals surface area contributed by atoms with Gasteiger partial charge in [-0.3, -0.25) is 4.79 Å². The van der Waals surface area contributed by atoms with Crippen LogP contribution in [0.5, 0.6) is 11.5 Å². The predicted molar refractivity (Wildman–Crippen MR) is 91.4 cm³/mol. The molecule has 0 spiro atoms. The number of nitrogens with zero attached hydrogens (tertiary/aromatic N) is 1. The van der Waals surface area contributed by atoms with E-state index in [1.54, 1.807) is 12.1 Å². The van der Waals surface area contributed by atoms with E-state index < -0.39 is 0 Å². The van der Waals surface area contributed by atoms with Crippen LogP contribution < -0.4 is 20.1 Å². The van der Waals surface area contributed by atoms with Crippen LogP contribution >= 0.6 is 15.9 Å². The Hall–Kier alpha value is -1.31. The molecule has 2 N–H and O–H groups in total. The van der Waals surface area contributed by atoms with Gasteiger partial charge in [0.2, 0.25) is 0 Å². The minimum atomic E-state index is -0.0806. The second-order valence-corrected chi connectivity index (χ2v) is 6.54. The summed E-state index contributed by atoms with van der Waals surface area (Å²) >= 11 is 3.44. The van der Waals surface area contributed by atoms with Gasteiger partial charge in [-0.05, 0) is 41.0 Å². The molecule has 126 valence electrons. The average Bonchev–Trinajstić information content (AvgIpc) is 2.59. The van der Waals surface area contributed by atoms with Crippen LogP contribution in [0.3, 0.4) is 0 Å². The highest BCUT2D eigenvalue weighted by Gasteiger charge is 2.19. The van der Waals surface area contributed by atoms with E-state index in [1.807, 2.05) is 0 Å². The Kier molecular flexibility index (Phi) is 5.75. The number of carbonyl (C=O) groups is 1. The van der Waals surface area contributed by atoms with Crippen molar-refractivity contribution in [2.24, 2.45) is 0 Å². The van der Waals surface area contributed by atoms with Crippen molar-refractivity contribution in [2.45, 2.75) is 6.42 Å². The lowest BCUT2D eigenvalue weighted by Crippen LogP contribution is -2.44. The molecule has 23 heavy (non-hydrogen) atoms. The fourth-order valence-electron chi connectivity index (χ4n) is 2.78. The summed E-state index contributed by atoms with van der Waals surface area (Å²) in [5.41, 5.74) is 0.586. The molecule has 0 saturated carbocycles. The van der Waals surface area contributed by atoms with Crippen molar-refractivity contribution >= 4 is 21.8 Å². The molecule has 1 aromatic carbocycles. The second kappa shape index (κ2) is 7.99. The summed E-state index contributed by atoms with van der Waals surface area (Å²) < 4.78 is 11.8. The van der Waals surface area contributed by atoms with Gasteiger partial charge in [0.1, 0.15) is 13.2 Å². The van der Waals surface area contributed by atoms with Gasteiger partial charge in [0, 0.05) is 38.3 Å². The van der Waals surface area contributed by atoms with Gasteiger partial charge in [-0.1, -0.05) is 0 Å². The molecule has 1 fully saturated rings. The Labute approximate surface area is 144 Å². The summed E-state index contributed by atoms with van der Waals surface area (Å²) in [6, 6.07) is 3.52. The SMILES string of the molecule is O=C(NCCCN1CCNCC1)c1cc(Br)c2c(c1)OCCO2. The van der Waals surface area contributed by atoms with E-state index in [2.05, 4.69) is 31.5 Å². The number of carbonyl (C=O) groups excluding carboxylic acids is 1. The highest BCUT2D eigenvalue weighted by Crippen LogP contribution is 2.38. The fourth-order valence-corrected chi connectivity index (χ4v) is 3.34. The van der Waals surface area contributed by atoms with Crippen molar-refractivity contribution in [1.82, 2.24) is 15.5 Å². The van der Waals surface area contributed by atoms with E-state index in [1.165, 1.54) is 0 Å². The fraction of sp³-hybridized carbons (Fsp3) is 0.562. The Balaban J connectivity index is 1.49. The van der Waals surface area contributed by atoms with Crippen LogP contribution in [0.1, 0.15) is 16.8 Å². The topological polar surface area (TPSA) is 62.8 Å². The van der Waals surface area contributed by atoms with Crippen molar-refractivity contribution in [3.63, 3.8) is 0 Å². The molecular formula is C16H22BrN3O3. The maximum atomic E-state index is 12.3. The van der Waals surface area contributed by atoms with Crippen LogP contribution in [0.25, 0.3) is 0 Å². The number of benzene rings is 1. The third kappa shape index (κ3) is 4.37. The van der Waals surface area contributed by atoms with Gasteiger partial charge < -0.3 is 25.0 Å². The molecule has 1 saturated heterocycles. The van der Waals surface area contributed by atoms with Gasteiger partial charge in [-0.2, -0.15) is 0 Å². The summed E-state index contributed by atoms with van der Waals surface area (Å²) in [6.45, 7) is 7.02. The molecule has 3 rings (SSSR count). The third-order valence-corrected chi connectivity index (χ3v) is 4.59. The van der Waals surface area contributed by atoms with Crippen molar-refractivity contribution in [3.05, 3.63) is 22.2 Å². The number of hydrogen-bond acceptors (Lipinski definition) is 5. The first kappa shape index (κ1) is 16.5. The zero-order chi connectivity index (χ0) is 16.1. The molecule has 7 heteroatoms. The van der Waals surface area contributed by atoms with Gasteiger partial charge in [0.15, 0.2) is 11.5 Å². The van der Waals surface area contributed by atoms with E-state index in [9.17, 15) is 4.79 Å². The minimum Gasteiger partial charge on any atom is -0.486 e. The molecule has 0 atom stereocenters. The van der Waals surface area contributed by atoms with Crippen molar-refractivity contribution in [2.75, 3.05) is 52.5 Å². The number of hydrogen-bond donors (Lipinski definition) is 2. The van der Waals surface area contributed by atoms with Gasteiger partial charge in [0.25, 0.3) is 5.91 Å². The highest BCUT2D eigenvalue weighted by molar-refractivity contribution is 9.10. The van der Waals surface area contributed by atoms with E-state index in [0.29, 0.717) is 36.8 Å². The molecular weight excluding hydrogens is 362 g/mol. The lowest BCUT2D eigenvalue weighted by atomic mass is 10.1. The maximum absolute atomic E-state index is 12.3. The molecule has 0 radical (unpaired) electrons. The Morgan fingerprint density at radius 2 is 2.04 bits per heavy atom. The second-order valence-electron chi connectivity index (χ2n) is 5.68. The standard InChI is InChI=1S/C16H22BrN3O3/c17-13-10-12(11-14-15(13)23-9-8-22-14)16(21)19-2-1-5-20-6-3-18-4-7-20/h10-11,18H,1-9H2,(H,19,21). The number of fused-ring (bicyclic) bond motifs is 1.